The molecule has 1 aromatic rings. The fraction of sp³-hybridized carbons (Fsp3) is 0.857. The van der Waals surface area contributed by atoms with E-state index in [4.69, 9.17) is 15.0 Å². The van der Waals surface area contributed by atoms with Crippen LogP contribution in [-0.2, 0) is 10.3 Å². The molecule has 0 amide bonds. The van der Waals surface area contributed by atoms with Gasteiger partial charge in [0.25, 0.3) is 0 Å². The first kappa shape index (κ1) is 16.1. The van der Waals surface area contributed by atoms with Crippen molar-refractivity contribution in [2.75, 3.05) is 13.2 Å². The Hall–Kier alpha value is -0.940. The van der Waals surface area contributed by atoms with E-state index in [1.165, 1.54) is 0 Å². The van der Waals surface area contributed by atoms with E-state index in [2.05, 4.69) is 37.8 Å². The van der Waals surface area contributed by atoms with E-state index < -0.39 is 5.60 Å². The van der Waals surface area contributed by atoms with Gasteiger partial charge in [-0.1, -0.05) is 32.9 Å². The predicted octanol–water partition coefficient (Wildman–Crippen LogP) is 2.82. The number of aromatic nitrogens is 2. The highest BCUT2D eigenvalue weighted by atomic mass is 16.5. The first-order valence-electron chi connectivity index (χ1n) is 7.22. The molecule has 2 N–H and O–H groups in total. The van der Waals surface area contributed by atoms with Crippen LogP contribution in [0.25, 0.3) is 0 Å². The first-order chi connectivity index (χ1) is 9.04. The van der Waals surface area contributed by atoms with Gasteiger partial charge in [0.1, 0.15) is 5.60 Å². The van der Waals surface area contributed by atoms with Crippen molar-refractivity contribution >= 4 is 0 Å². The van der Waals surface area contributed by atoms with Crippen LogP contribution in [0.15, 0.2) is 4.52 Å². The lowest BCUT2D eigenvalue weighted by atomic mass is 9.94. The molecule has 5 heteroatoms. The van der Waals surface area contributed by atoms with Crippen LogP contribution < -0.4 is 5.73 Å². The summed E-state index contributed by atoms with van der Waals surface area (Å²) in [6.45, 7) is 11.5. The molecule has 0 saturated heterocycles. The third-order valence-corrected chi connectivity index (χ3v) is 3.79. The van der Waals surface area contributed by atoms with E-state index in [0.29, 0.717) is 30.8 Å². The summed E-state index contributed by atoms with van der Waals surface area (Å²) in [5.41, 5.74) is 5.35. The molecule has 110 valence electrons. The summed E-state index contributed by atoms with van der Waals surface area (Å²) in [5, 5.41) is 4.13. The zero-order valence-corrected chi connectivity index (χ0v) is 12.8. The van der Waals surface area contributed by atoms with Crippen LogP contribution in [0.3, 0.4) is 0 Å². The summed E-state index contributed by atoms with van der Waals surface area (Å²) in [4.78, 5) is 4.55. The molecule has 0 bridgehead atoms. The van der Waals surface area contributed by atoms with Gasteiger partial charge in [-0.2, -0.15) is 4.98 Å². The van der Waals surface area contributed by atoms with Crippen LogP contribution in [0.2, 0.25) is 0 Å². The molecule has 1 heterocycles. The Labute approximate surface area is 115 Å². The standard InChI is InChI=1S/C14H27N3O2/c1-6-14(7-2,18-8-3)13-16-12(19-17-13)11(9-15)10(4)5/h10-11H,6-9,15H2,1-5H3. The maximum Gasteiger partial charge on any atom is 0.231 e. The Morgan fingerprint density at radius 2 is 1.89 bits per heavy atom. The topological polar surface area (TPSA) is 74.2 Å². The van der Waals surface area contributed by atoms with Crippen molar-refractivity contribution in [1.82, 2.24) is 10.1 Å². The third-order valence-electron chi connectivity index (χ3n) is 3.79. The largest absolute Gasteiger partial charge is 0.367 e. The molecule has 1 rings (SSSR count). The molecule has 1 aromatic heterocycles. The molecule has 0 saturated carbocycles. The fourth-order valence-corrected chi connectivity index (χ4v) is 2.34. The lowest BCUT2D eigenvalue weighted by Gasteiger charge is -2.27. The molecular weight excluding hydrogens is 242 g/mol. The second kappa shape index (κ2) is 7.01. The van der Waals surface area contributed by atoms with Crippen LogP contribution >= 0.6 is 0 Å². The average molecular weight is 269 g/mol. The van der Waals surface area contributed by atoms with Gasteiger partial charge in [0.15, 0.2) is 0 Å². The van der Waals surface area contributed by atoms with Crippen LogP contribution in [0.4, 0.5) is 0 Å². The average Bonchev–Trinajstić information content (AvgIpc) is 2.86. The van der Waals surface area contributed by atoms with Gasteiger partial charge in [0.05, 0.1) is 5.92 Å². The highest BCUT2D eigenvalue weighted by Gasteiger charge is 2.35. The van der Waals surface area contributed by atoms with Gasteiger partial charge in [-0.3, -0.25) is 0 Å². The summed E-state index contributed by atoms with van der Waals surface area (Å²) in [6.07, 6.45) is 1.65. The lowest BCUT2D eigenvalue weighted by Crippen LogP contribution is -2.30. The Morgan fingerprint density at radius 1 is 1.26 bits per heavy atom. The van der Waals surface area contributed by atoms with Crippen molar-refractivity contribution in [3.63, 3.8) is 0 Å². The van der Waals surface area contributed by atoms with E-state index in [9.17, 15) is 0 Å². The summed E-state index contributed by atoms with van der Waals surface area (Å²) < 4.78 is 11.3. The van der Waals surface area contributed by atoms with Crippen molar-refractivity contribution < 1.29 is 9.26 Å². The Kier molecular flexibility index (Phi) is 5.94. The Bertz CT molecular complexity index is 373. The number of nitrogens with two attached hydrogens (primary N) is 1. The summed E-state index contributed by atoms with van der Waals surface area (Å²) >= 11 is 0. The fourth-order valence-electron chi connectivity index (χ4n) is 2.34. The summed E-state index contributed by atoms with van der Waals surface area (Å²) in [6, 6.07) is 0. The van der Waals surface area contributed by atoms with Crippen molar-refractivity contribution in [2.45, 2.75) is 59.0 Å². The molecule has 1 unspecified atom stereocenters. The molecule has 0 aromatic carbocycles. The van der Waals surface area contributed by atoms with E-state index in [-0.39, 0.29) is 5.92 Å². The van der Waals surface area contributed by atoms with Gasteiger partial charge < -0.3 is 15.0 Å². The van der Waals surface area contributed by atoms with Crippen molar-refractivity contribution in [3.8, 4) is 0 Å². The van der Waals surface area contributed by atoms with Crippen LogP contribution in [0, 0.1) is 5.92 Å². The first-order valence-corrected chi connectivity index (χ1v) is 7.22. The van der Waals surface area contributed by atoms with E-state index in [1.807, 2.05) is 6.92 Å². The smallest absolute Gasteiger partial charge is 0.231 e. The highest BCUT2D eigenvalue weighted by Crippen LogP contribution is 2.32. The zero-order valence-electron chi connectivity index (χ0n) is 12.8. The van der Waals surface area contributed by atoms with Gasteiger partial charge in [-0.05, 0) is 25.7 Å². The van der Waals surface area contributed by atoms with Gasteiger partial charge in [0.2, 0.25) is 11.7 Å². The minimum absolute atomic E-state index is 0.106. The van der Waals surface area contributed by atoms with Crippen LogP contribution in [0.5, 0.6) is 0 Å². The van der Waals surface area contributed by atoms with E-state index in [1.54, 1.807) is 0 Å². The van der Waals surface area contributed by atoms with Gasteiger partial charge in [0, 0.05) is 13.2 Å². The molecule has 1 atom stereocenters. The van der Waals surface area contributed by atoms with Crippen LogP contribution in [0.1, 0.15) is 65.1 Å². The predicted molar refractivity (Wildman–Crippen MR) is 74.8 cm³/mol. The van der Waals surface area contributed by atoms with Crippen molar-refractivity contribution in [1.29, 1.82) is 0 Å². The number of rotatable bonds is 8. The van der Waals surface area contributed by atoms with Crippen LogP contribution in [-0.4, -0.2) is 23.3 Å². The quantitative estimate of drug-likeness (QED) is 0.785. The normalized spacial score (nSPS) is 14.1. The lowest BCUT2D eigenvalue weighted by molar-refractivity contribution is -0.0583. The minimum atomic E-state index is -0.438. The second-order valence-corrected chi connectivity index (χ2v) is 5.18. The SMILES string of the molecule is CCOC(CC)(CC)c1noc(C(CN)C(C)C)n1. The third kappa shape index (κ3) is 3.34. The maximum absolute atomic E-state index is 5.88. The Morgan fingerprint density at radius 3 is 2.32 bits per heavy atom. The molecule has 0 aliphatic rings. The minimum Gasteiger partial charge on any atom is -0.367 e. The molecule has 19 heavy (non-hydrogen) atoms. The van der Waals surface area contributed by atoms with Crippen molar-refractivity contribution in [3.05, 3.63) is 11.7 Å². The summed E-state index contributed by atoms with van der Waals surface area (Å²) in [7, 11) is 0. The van der Waals surface area contributed by atoms with Gasteiger partial charge >= 0.3 is 0 Å². The highest BCUT2D eigenvalue weighted by molar-refractivity contribution is 5.04. The second-order valence-electron chi connectivity index (χ2n) is 5.18. The summed E-state index contributed by atoms with van der Waals surface area (Å²) in [5.74, 6) is 1.75. The molecule has 0 aliphatic heterocycles. The number of hydrogen-bond donors (Lipinski definition) is 1. The molecule has 0 spiro atoms. The zero-order chi connectivity index (χ0) is 14.5. The van der Waals surface area contributed by atoms with Gasteiger partial charge in [-0.15, -0.1) is 0 Å². The van der Waals surface area contributed by atoms with E-state index >= 15 is 0 Å². The molecule has 0 aliphatic carbocycles. The monoisotopic (exact) mass is 269 g/mol. The Balaban J connectivity index is 3.05. The number of nitrogens with zero attached hydrogens (tertiary/aromatic N) is 2. The number of ether oxygens (including phenoxy) is 1. The molecular formula is C14H27N3O2. The van der Waals surface area contributed by atoms with Gasteiger partial charge in [-0.25, -0.2) is 0 Å². The molecule has 0 fully saturated rings. The maximum atomic E-state index is 5.88. The molecule has 5 nitrogen and oxygen atoms in total. The number of hydrogen-bond acceptors (Lipinski definition) is 5. The van der Waals surface area contributed by atoms with E-state index in [0.717, 1.165) is 12.8 Å². The molecule has 0 radical (unpaired) electrons. The van der Waals surface area contributed by atoms with Crippen molar-refractivity contribution in [2.24, 2.45) is 11.7 Å².